The lowest BCUT2D eigenvalue weighted by molar-refractivity contribution is 0.448. The SMILES string of the molecule is CCC(C)CC(C)NC1=NC(CC)CCS1. The molecule has 3 atom stereocenters. The molecule has 0 aromatic rings. The Labute approximate surface area is 105 Å². The molecule has 3 heteroatoms. The van der Waals surface area contributed by atoms with Crippen LogP contribution in [0.1, 0.15) is 53.4 Å². The van der Waals surface area contributed by atoms with Gasteiger partial charge in [0, 0.05) is 11.8 Å². The number of amidine groups is 1. The van der Waals surface area contributed by atoms with E-state index in [1.165, 1.54) is 36.6 Å². The summed E-state index contributed by atoms with van der Waals surface area (Å²) >= 11 is 1.88. The van der Waals surface area contributed by atoms with Crippen molar-refractivity contribution < 1.29 is 0 Å². The van der Waals surface area contributed by atoms with Crippen LogP contribution >= 0.6 is 11.8 Å². The Hall–Kier alpha value is -0.180. The molecule has 0 bridgehead atoms. The van der Waals surface area contributed by atoms with Gasteiger partial charge in [-0.15, -0.1) is 0 Å². The number of nitrogens with zero attached hydrogens (tertiary/aromatic N) is 1. The Bertz CT molecular complexity index is 228. The van der Waals surface area contributed by atoms with Crippen LogP contribution in [0.3, 0.4) is 0 Å². The van der Waals surface area contributed by atoms with E-state index in [4.69, 9.17) is 4.99 Å². The number of hydrogen-bond acceptors (Lipinski definition) is 3. The lowest BCUT2D eigenvalue weighted by Gasteiger charge is -2.24. The Morgan fingerprint density at radius 3 is 2.81 bits per heavy atom. The maximum absolute atomic E-state index is 4.74. The molecule has 0 aromatic carbocycles. The highest BCUT2D eigenvalue weighted by Gasteiger charge is 2.16. The van der Waals surface area contributed by atoms with Crippen molar-refractivity contribution in [3.63, 3.8) is 0 Å². The third kappa shape index (κ3) is 4.77. The molecule has 1 heterocycles. The number of rotatable bonds is 5. The molecule has 0 saturated carbocycles. The molecule has 0 saturated heterocycles. The van der Waals surface area contributed by atoms with E-state index in [1.807, 2.05) is 11.8 Å². The molecule has 1 aliphatic rings. The molecule has 1 aliphatic heterocycles. The monoisotopic (exact) mass is 242 g/mol. The summed E-state index contributed by atoms with van der Waals surface area (Å²) in [5, 5.41) is 4.74. The molecular formula is C13H26N2S. The molecule has 0 radical (unpaired) electrons. The molecule has 0 fully saturated rings. The topological polar surface area (TPSA) is 24.4 Å². The first-order chi connectivity index (χ1) is 7.65. The Kier molecular flexibility index (Phi) is 6.25. The number of thioether (sulfide) groups is 1. The van der Waals surface area contributed by atoms with E-state index in [0.717, 1.165) is 5.92 Å². The predicted molar refractivity (Wildman–Crippen MR) is 75.3 cm³/mol. The van der Waals surface area contributed by atoms with Gasteiger partial charge in [0.2, 0.25) is 0 Å². The first-order valence-electron chi connectivity index (χ1n) is 6.62. The highest BCUT2D eigenvalue weighted by atomic mass is 32.2. The molecule has 3 unspecified atom stereocenters. The van der Waals surface area contributed by atoms with Crippen LogP contribution in [0, 0.1) is 5.92 Å². The zero-order chi connectivity index (χ0) is 12.0. The summed E-state index contributed by atoms with van der Waals surface area (Å²) in [6.45, 7) is 9.08. The highest BCUT2D eigenvalue weighted by Crippen LogP contribution is 2.19. The molecule has 94 valence electrons. The summed E-state index contributed by atoms with van der Waals surface area (Å²) < 4.78 is 0. The summed E-state index contributed by atoms with van der Waals surface area (Å²) in [6, 6.07) is 1.11. The maximum atomic E-state index is 4.74. The zero-order valence-corrected chi connectivity index (χ0v) is 11.9. The maximum Gasteiger partial charge on any atom is 0.157 e. The fourth-order valence-corrected chi connectivity index (χ4v) is 3.06. The van der Waals surface area contributed by atoms with Crippen molar-refractivity contribution in [2.75, 3.05) is 5.75 Å². The molecule has 1 N–H and O–H groups in total. The molecule has 16 heavy (non-hydrogen) atoms. The predicted octanol–water partition coefficient (Wildman–Crippen LogP) is 3.67. The molecular weight excluding hydrogens is 216 g/mol. The second-order valence-electron chi connectivity index (χ2n) is 4.93. The van der Waals surface area contributed by atoms with Crippen LogP contribution < -0.4 is 5.32 Å². The Balaban J connectivity index is 2.37. The molecule has 0 aromatic heterocycles. The average Bonchev–Trinajstić information content (AvgIpc) is 2.28. The lowest BCUT2D eigenvalue weighted by atomic mass is 10.0. The van der Waals surface area contributed by atoms with Gasteiger partial charge in [-0.25, -0.2) is 0 Å². The Morgan fingerprint density at radius 2 is 2.19 bits per heavy atom. The standard InChI is InChI=1S/C13H26N2S/c1-5-10(3)9-11(4)14-13-15-12(6-2)7-8-16-13/h10-12H,5-9H2,1-4H3,(H,14,15). The van der Waals surface area contributed by atoms with E-state index in [1.54, 1.807) is 0 Å². The van der Waals surface area contributed by atoms with Crippen molar-refractivity contribution in [3.05, 3.63) is 0 Å². The van der Waals surface area contributed by atoms with Gasteiger partial charge in [0.05, 0.1) is 6.04 Å². The number of aliphatic imine (C=N–C) groups is 1. The summed E-state index contributed by atoms with van der Waals surface area (Å²) in [5.41, 5.74) is 0. The van der Waals surface area contributed by atoms with Gasteiger partial charge in [0.1, 0.15) is 0 Å². The van der Waals surface area contributed by atoms with Crippen LogP contribution in [-0.4, -0.2) is 23.0 Å². The van der Waals surface area contributed by atoms with Crippen molar-refractivity contribution in [2.45, 2.75) is 65.5 Å². The van der Waals surface area contributed by atoms with Crippen molar-refractivity contribution >= 4 is 16.9 Å². The van der Waals surface area contributed by atoms with Crippen molar-refractivity contribution in [2.24, 2.45) is 10.9 Å². The van der Waals surface area contributed by atoms with E-state index in [0.29, 0.717) is 12.1 Å². The van der Waals surface area contributed by atoms with Gasteiger partial charge in [0.15, 0.2) is 5.17 Å². The molecule has 0 amide bonds. The summed E-state index contributed by atoms with van der Waals surface area (Å²) in [7, 11) is 0. The van der Waals surface area contributed by atoms with E-state index < -0.39 is 0 Å². The van der Waals surface area contributed by atoms with Crippen molar-refractivity contribution in [3.8, 4) is 0 Å². The van der Waals surface area contributed by atoms with Crippen LogP contribution in [0.4, 0.5) is 0 Å². The van der Waals surface area contributed by atoms with Gasteiger partial charge < -0.3 is 5.32 Å². The summed E-state index contributed by atoms with van der Waals surface area (Å²) in [5.74, 6) is 2.03. The van der Waals surface area contributed by atoms with Crippen LogP contribution in [0.2, 0.25) is 0 Å². The second-order valence-corrected chi connectivity index (χ2v) is 6.01. The van der Waals surface area contributed by atoms with Crippen LogP contribution in [0.15, 0.2) is 4.99 Å². The molecule has 0 aliphatic carbocycles. The van der Waals surface area contributed by atoms with Gasteiger partial charge in [0.25, 0.3) is 0 Å². The van der Waals surface area contributed by atoms with Gasteiger partial charge in [-0.1, -0.05) is 39.0 Å². The number of hydrogen-bond donors (Lipinski definition) is 1. The van der Waals surface area contributed by atoms with Gasteiger partial charge in [-0.05, 0) is 32.1 Å². The van der Waals surface area contributed by atoms with E-state index in [2.05, 4.69) is 33.0 Å². The normalized spacial score (nSPS) is 24.8. The third-order valence-electron chi connectivity index (χ3n) is 3.28. The highest BCUT2D eigenvalue weighted by molar-refractivity contribution is 8.13. The van der Waals surface area contributed by atoms with Crippen molar-refractivity contribution in [1.82, 2.24) is 5.32 Å². The summed E-state index contributed by atoms with van der Waals surface area (Å²) in [6.07, 6.45) is 4.92. The molecule has 0 spiro atoms. The van der Waals surface area contributed by atoms with Crippen molar-refractivity contribution in [1.29, 1.82) is 0 Å². The van der Waals surface area contributed by atoms with Gasteiger partial charge >= 0.3 is 0 Å². The lowest BCUT2D eigenvalue weighted by Crippen LogP contribution is -2.34. The minimum absolute atomic E-state index is 0.553. The summed E-state index contributed by atoms with van der Waals surface area (Å²) in [4.78, 5) is 4.74. The number of nitrogens with one attached hydrogen (secondary N) is 1. The fraction of sp³-hybridized carbons (Fsp3) is 0.923. The quantitative estimate of drug-likeness (QED) is 0.795. The van der Waals surface area contributed by atoms with Crippen LogP contribution in [0.5, 0.6) is 0 Å². The zero-order valence-electron chi connectivity index (χ0n) is 11.1. The minimum Gasteiger partial charge on any atom is -0.362 e. The van der Waals surface area contributed by atoms with Gasteiger partial charge in [-0.2, -0.15) is 0 Å². The van der Waals surface area contributed by atoms with E-state index in [9.17, 15) is 0 Å². The smallest absolute Gasteiger partial charge is 0.157 e. The average molecular weight is 242 g/mol. The molecule has 2 nitrogen and oxygen atoms in total. The minimum atomic E-state index is 0.553. The Morgan fingerprint density at radius 1 is 1.44 bits per heavy atom. The second kappa shape index (κ2) is 7.21. The molecule has 1 rings (SSSR count). The van der Waals surface area contributed by atoms with Crippen LogP contribution in [0.25, 0.3) is 0 Å². The van der Waals surface area contributed by atoms with E-state index >= 15 is 0 Å². The van der Waals surface area contributed by atoms with E-state index in [-0.39, 0.29) is 0 Å². The third-order valence-corrected chi connectivity index (χ3v) is 4.22. The van der Waals surface area contributed by atoms with Gasteiger partial charge in [-0.3, -0.25) is 4.99 Å². The first-order valence-corrected chi connectivity index (χ1v) is 7.61. The largest absolute Gasteiger partial charge is 0.362 e. The first kappa shape index (κ1) is 13.9. The van der Waals surface area contributed by atoms with Crippen LogP contribution in [-0.2, 0) is 0 Å². The fourth-order valence-electron chi connectivity index (χ4n) is 1.97.